The van der Waals surface area contributed by atoms with Crippen LogP contribution in [0.3, 0.4) is 0 Å². The van der Waals surface area contributed by atoms with E-state index in [1.165, 1.54) is 24.8 Å². The number of carbonyl (C=O) groups excluding carboxylic acids is 2. The van der Waals surface area contributed by atoms with E-state index in [0.717, 1.165) is 25.7 Å². The van der Waals surface area contributed by atoms with E-state index >= 15 is 0 Å². The number of amides is 2. The van der Waals surface area contributed by atoms with Gasteiger partial charge in [0.15, 0.2) is 0 Å². The van der Waals surface area contributed by atoms with Gasteiger partial charge in [0.1, 0.15) is 5.75 Å². The molecule has 6 nitrogen and oxygen atoms in total. The third-order valence-corrected chi connectivity index (χ3v) is 3.42. The molecule has 21 heavy (non-hydrogen) atoms. The van der Waals surface area contributed by atoms with Crippen molar-refractivity contribution >= 4 is 18.0 Å². The van der Waals surface area contributed by atoms with Gasteiger partial charge in [0.25, 0.3) is 0 Å². The van der Waals surface area contributed by atoms with Crippen LogP contribution in [-0.2, 0) is 9.59 Å². The summed E-state index contributed by atoms with van der Waals surface area (Å²) in [6.07, 6.45) is 6.63. The van der Waals surface area contributed by atoms with Gasteiger partial charge in [-0.3, -0.25) is 9.59 Å². The fraction of sp³-hybridized carbons (Fsp3) is 0.400. The lowest BCUT2D eigenvalue weighted by Crippen LogP contribution is -2.44. The summed E-state index contributed by atoms with van der Waals surface area (Å²) in [7, 11) is 0. The fourth-order valence-electron chi connectivity index (χ4n) is 2.27. The van der Waals surface area contributed by atoms with Crippen LogP contribution in [0.15, 0.2) is 29.4 Å². The first-order valence-electron chi connectivity index (χ1n) is 7.08. The molecule has 3 N–H and O–H groups in total. The Hall–Kier alpha value is -2.37. The molecular weight excluding hydrogens is 270 g/mol. The number of rotatable bonds is 3. The molecule has 0 heterocycles. The number of phenolic OH excluding ortho intramolecular Hbond substituents is 1. The maximum Gasteiger partial charge on any atom is 0.329 e. The van der Waals surface area contributed by atoms with Crippen molar-refractivity contribution in [1.82, 2.24) is 10.7 Å². The van der Waals surface area contributed by atoms with Gasteiger partial charge in [-0.15, -0.1) is 0 Å². The minimum atomic E-state index is -0.768. The van der Waals surface area contributed by atoms with Gasteiger partial charge in [-0.2, -0.15) is 5.10 Å². The Kier molecular flexibility index (Phi) is 5.31. The number of aromatic hydroxyl groups is 1. The van der Waals surface area contributed by atoms with Crippen LogP contribution in [-0.4, -0.2) is 29.2 Å². The number of carbonyl (C=O) groups is 2. The molecule has 0 unspecified atom stereocenters. The number of hydrogen-bond acceptors (Lipinski definition) is 4. The third-order valence-electron chi connectivity index (χ3n) is 3.42. The van der Waals surface area contributed by atoms with E-state index in [9.17, 15) is 9.59 Å². The number of phenols is 1. The van der Waals surface area contributed by atoms with Crippen molar-refractivity contribution in [2.45, 2.75) is 38.1 Å². The van der Waals surface area contributed by atoms with E-state index in [1.807, 2.05) is 0 Å². The maximum atomic E-state index is 11.7. The Balaban J connectivity index is 1.77. The second-order valence-electron chi connectivity index (χ2n) is 5.10. The van der Waals surface area contributed by atoms with Gasteiger partial charge in [0.05, 0.1) is 6.21 Å². The lowest BCUT2D eigenvalue weighted by atomic mass is 9.95. The monoisotopic (exact) mass is 289 g/mol. The van der Waals surface area contributed by atoms with Crippen LogP contribution in [0.2, 0.25) is 0 Å². The van der Waals surface area contributed by atoms with Gasteiger partial charge in [0, 0.05) is 6.04 Å². The van der Waals surface area contributed by atoms with Crippen LogP contribution >= 0.6 is 0 Å². The zero-order chi connectivity index (χ0) is 15.1. The van der Waals surface area contributed by atoms with Crippen molar-refractivity contribution in [3.63, 3.8) is 0 Å². The first-order valence-corrected chi connectivity index (χ1v) is 7.08. The van der Waals surface area contributed by atoms with E-state index in [1.54, 1.807) is 12.1 Å². The summed E-state index contributed by atoms with van der Waals surface area (Å²) < 4.78 is 0. The fourth-order valence-corrected chi connectivity index (χ4v) is 2.27. The highest BCUT2D eigenvalue weighted by Crippen LogP contribution is 2.17. The van der Waals surface area contributed by atoms with Crippen LogP contribution in [0.25, 0.3) is 0 Å². The zero-order valence-corrected chi connectivity index (χ0v) is 11.7. The Morgan fingerprint density at radius 3 is 2.43 bits per heavy atom. The molecular formula is C15H19N3O3. The average molecular weight is 289 g/mol. The number of benzene rings is 1. The molecule has 1 fully saturated rings. The molecule has 1 saturated carbocycles. The molecule has 112 valence electrons. The molecule has 0 aliphatic heterocycles. The molecule has 0 radical (unpaired) electrons. The van der Waals surface area contributed by atoms with Crippen molar-refractivity contribution in [3.8, 4) is 5.75 Å². The predicted molar refractivity (Wildman–Crippen MR) is 78.9 cm³/mol. The molecule has 0 atom stereocenters. The summed E-state index contributed by atoms with van der Waals surface area (Å²) in [5.41, 5.74) is 2.90. The van der Waals surface area contributed by atoms with E-state index in [2.05, 4.69) is 15.8 Å². The first-order chi connectivity index (χ1) is 10.1. The van der Waals surface area contributed by atoms with Crippen molar-refractivity contribution in [2.75, 3.05) is 0 Å². The highest BCUT2D eigenvalue weighted by Gasteiger charge is 2.19. The Morgan fingerprint density at radius 2 is 1.76 bits per heavy atom. The van der Waals surface area contributed by atoms with Crippen molar-refractivity contribution in [1.29, 1.82) is 0 Å². The summed E-state index contributed by atoms with van der Waals surface area (Å²) in [5, 5.41) is 15.6. The van der Waals surface area contributed by atoms with Gasteiger partial charge in [-0.1, -0.05) is 19.3 Å². The largest absolute Gasteiger partial charge is 0.508 e. The lowest BCUT2D eigenvalue weighted by Gasteiger charge is -2.22. The summed E-state index contributed by atoms with van der Waals surface area (Å²) in [6, 6.07) is 6.41. The molecule has 1 aromatic rings. The molecule has 0 bridgehead atoms. The maximum absolute atomic E-state index is 11.7. The summed E-state index contributed by atoms with van der Waals surface area (Å²) in [6.45, 7) is 0. The number of nitrogens with zero attached hydrogens (tertiary/aromatic N) is 1. The van der Waals surface area contributed by atoms with Gasteiger partial charge < -0.3 is 10.4 Å². The second-order valence-corrected chi connectivity index (χ2v) is 5.10. The third kappa shape index (κ3) is 4.91. The highest BCUT2D eigenvalue weighted by molar-refractivity contribution is 6.35. The van der Waals surface area contributed by atoms with Gasteiger partial charge in [-0.05, 0) is 42.7 Å². The molecule has 1 aromatic carbocycles. The standard InChI is InChI=1S/C15H19N3O3/c19-13-8-6-11(7-9-13)10-16-18-15(21)14(20)17-12-4-2-1-3-5-12/h6-10,12,19H,1-5H2,(H,17,20)(H,18,21)/b16-10-. The van der Waals surface area contributed by atoms with Crippen LogP contribution < -0.4 is 10.7 Å². The molecule has 1 aliphatic carbocycles. The van der Waals surface area contributed by atoms with Gasteiger partial charge in [-0.25, -0.2) is 5.43 Å². The molecule has 2 amide bonds. The van der Waals surface area contributed by atoms with Crippen LogP contribution in [0.1, 0.15) is 37.7 Å². The Labute approximate surface area is 123 Å². The quantitative estimate of drug-likeness (QED) is 0.445. The highest BCUT2D eigenvalue weighted by atomic mass is 16.3. The van der Waals surface area contributed by atoms with E-state index in [-0.39, 0.29) is 11.8 Å². The second kappa shape index (κ2) is 7.42. The SMILES string of the molecule is O=C(N/N=C\c1ccc(O)cc1)C(=O)NC1CCCCC1. The van der Waals surface area contributed by atoms with Crippen LogP contribution in [0, 0.1) is 0 Å². The van der Waals surface area contributed by atoms with Crippen molar-refractivity contribution in [2.24, 2.45) is 5.10 Å². The minimum Gasteiger partial charge on any atom is -0.508 e. The normalized spacial score (nSPS) is 15.8. The smallest absolute Gasteiger partial charge is 0.329 e. The average Bonchev–Trinajstić information content (AvgIpc) is 2.50. The van der Waals surface area contributed by atoms with Crippen LogP contribution in [0.5, 0.6) is 5.75 Å². The first kappa shape index (κ1) is 15.0. The summed E-state index contributed by atoms with van der Waals surface area (Å²) in [5.74, 6) is -1.26. The predicted octanol–water partition coefficient (Wildman–Crippen LogP) is 1.29. The number of nitrogens with one attached hydrogen (secondary N) is 2. The summed E-state index contributed by atoms with van der Waals surface area (Å²) >= 11 is 0. The molecule has 1 aliphatic rings. The molecule has 2 rings (SSSR count). The van der Waals surface area contributed by atoms with E-state index in [0.29, 0.717) is 5.56 Å². The lowest BCUT2D eigenvalue weighted by molar-refractivity contribution is -0.139. The van der Waals surface area contributed by atoms with E-state index < -0.39 is 11.8 Å². The van der Waals surface area contributed by atoms with Gasteiger partial charge >= 0.3 is 11.8 Å². The van der Waals surface area contributed by atoms with Crippen molar-refractivity contribution in [3.05, 3.63) is 29.8 Å². The van der Waals surface area contributed by atoms with Crippen LogP contribution in [0.4, 0.5) is 0 Å². The van der Waals surface area contributed by atoms with E-state index in [4.69, 9.17) is 5.11 Å². The molecule has 0 saturated heterocycles. The topological polar surface area (TPSA) is 90.8 Å². The number of hydrazone groups is 1. The molecule has 6 heteroatoms. The Bertz CT molecular complexity index is 519. The molecule has 0 aromatic heterocycles. The minimum absolute atomic E-state index is 0.0954. The van der Waals surface area contributed by atoms with Gasteiger partial charge in [0.2, 0.25) is 0 Å². The molecule has 0 spiro atoms. The van der Waals surface area contributed by atoms with Crippen molar-refractivity contribution < 1.29 is 14.7 Å². The zero-order valence-electron chi connectivity index (χ0n) is 11.7. The Morgan fingerprint density at radius 1 is 1.10 bits per heavy atom. The number of hydrogen-bond donors (Lipinski definition) is 3. The summed E-state index contributed by atoms with van der Waals surface area (Å²) in [4.78, 5) is 23.3.